The fraction of sp³-hybridized carbons (Fsp3) is 0.381. The van der Waals surface area contributed by atoms with Crippen molar-refractivity contribution in [1.82, 2.24) is 9.62 Å². The van der Waals surface area contributed by atoms with E-state index in [2.05, 4.69) is 20.6 Å². The molecule has 0 spiro atoms. The third-order valence-electron chi connectivity index (χ3n) is 5.09. The summed E-state index contributed by atoms with van der Waals surface area (Å²) in [6.45, 7) is 5.87. The largest absolute Gasteiger partial charge is 0.495 e. The molecular weight excluding hydrogens is 390 g/mol. The number of piperazine rings is 1. The van der Waals surface area contributed by atoms with Gasteiger partial charge in [0, 0.05) is 44.8 Å². The van der Waals surface area contributed by atoms with Crippen LogP contribution in [0.2, 0.25) is 0 Å². The number of carbonyl (C=O) groups excluding carboxylic acids is 1. The molecule has 1 saturated heterocycles. The van der Waals surface area contributed by atoms with Gasteiger partial charge in [0.2, 0.25) is 10.0 Å². The fourth-order valence-electron chi connectivity index (χ4n) is 3.39. The van der Waals surface area contributed by atoms with Crippen molar-refractivity contribution in [3.63, 3.8) is 0 Å². The maximum atomic E-state index is 12.4. The Kier molecular flexibility index (Phi) is 6.89. The van der Waals surface area contributed by atoms with Crippen LogP contribution in [0.1, 0.15) is 17.3 Å². The van der Waals surface area contributed by atoms with Gasteiger partial charge >= 0.3 is 0 Å². The highest BCUT2D eigenvalue weighted by Crippen LogP contribution is 2.28. The summed E-state index contributed by atoms with van der Waals surface area (Å²) < 4.78 is 32.9. The highest BCUT2D eigenvalue weighted by molar-refractivity contribution is 7.89. The van der Waals surface area contributed by atoms with Crippen molar-refractivity contribution in [1.29, 1.82) is 0 Å². The molecule has 0 aliphatic carbocycles. The second kappa shape index (κ2) is 9.39. The summed E-state index contributed by atoms with van der Waals surface area (Å²) >= 11 is 0. The van der Waals surface area contributed by atoms with E-state index in [0.29, 0.717) is 18.7 Å². The van der Waals surface area contributed by atoms with Crippen molar-refractivity contribution < 1.29 is 17.9 Å². The van der Waals surface area contributed by atoms with E-state index in [9.17, 15) is 13.2 Å². The van der Waals surface area contributed by atoms with Gasteiger partial charge in [-0.2, -0.15) is 0 Å². The Balaban J connectivity index is 1.48. The van der Waals surface area contributed by atoms with E-state index >= 15 is 0 Å². The van der Waals surface area contributed by atoms with Gasteiger partial charge in [-0.05, 0) is 31.2 Å². The lowest BCUT2D eigenvalue weighted by molar-refractivity contribution is 0.101. The molecule has 2 aromatic rings. The standard InChI is InChI=1S/C21H27N3O4S/c1-17(25)18-7-9-19(10-8-18)29(26,27)22-11-12-23-13-15-24(16-14-23)20-5-3-4-6-21(20)28-2/h3-10,22H,11-16H2,1-2H3. The van der Waals surface area contributed by atoms with Crippen LogP contribution < -0.4 is 14.4 Å². The Morgan fingerprint density at radius 1 is 1.03 bits per heavy atom. The van der Waals surface area contributed by atoms with E-state index in [1.165, 1.54) is 31.2 Å². The quantitative estimate of drug-likeness (QED) is 0.662. The summed E-state index contributed by atoms with van der Waals surface area (Å²) in [6, 6.07) is 14.0. The third-order valence-corrected chi connectivity index (χ3v) is 6.57. The zero-order valence-corrected chi connectivity index (χ0v) is 17.6. The first-order valence-corrected chi connectivity index (χ1v) is 11.1. The summed E-state index contributed by atoms with van der Waals surface area (Å²) in [5.41, 5.74) is 1.58. The predicted molar refractivity (Wildman–Crippen MR) is 113 cm³/mol. The number of nitrogens with zero attached hydrogens (tertiary/aromatic N) is 2. The predicted octanol–water partition coefficient (Wildman–Crippen LogP) is 2.00. The number of methoxy groups -OCH3 is 1. The molecule has 1 N–H and O–H groups in total. The fourth-order valence-corrected chi connectivity index (χ4v) is 4.41. The molecule has 8 heteroatoms. The molecule has 1 aliphatic heterocycles. The Labute approximate surface area is 172 Å². The first-order chi connectivity index (χ1) is 13.9. The number of Topliss-reactive ketones (excluding diaryl/α,β-unsaturated/α-hetero) is 1. The molecule has 156 valence electrons. The summed E-state index contributed by atoms with van der Waals surface area (Å²) in [5, 5.41) is 0. The number of nitrogens with one attached hydrogen (secondary N) is 1. The lowest BCUT2D eigenvalue weighted by Gasteiger charge is -2.36. The number of anilines is 1. The summed E-state index contributed by atoms with van der Waals surface area (Å²) in [7, 11) is -1.91. The van der Waals surface area contributed by atoms with Crippen molar-refractivity contribution in [3.8, 4) is 5.75 Å². The summed E-state index contributed by atoms with van der Waals surface area (Å²) in [4.78, 5) is 16.0. The minimum absolute atomic E-state index is 0.0887. The van der Waals surface area contributed by atoms with Crippen molar-refractivity contribution in [2.75, 3.05) is 51.3 Å². The van der Waals surface area contributed by atoms with Crippen molar-refractivity contribution in [2.24, 2.45) is 0 Å². The van der Waals surface area contributed by atoms with Gasteiger partial charge in [0.1, 0.15) is 5.75 Å². The number of carbonyl (C=O) groups is 1. The zero-order valence-electron chi connectivity index (χ0n) is 16.8. The second-order valence-corrected chi connectivity index (χ2v) is 8.75. The molecule has 0 bridgehead atoms. The SMILES string of the molecule is COc1ccccc1N1CCN(CCNS(=O)(=O)c2ccc(C(C)=O)cc2)CC1. The Hall–Kier alpha value is -2.42. The molecule has 7 nitrogen and oxygen atoms in total. The Bertz CT molecular complexity index is 937. The van der Waals surface area contributed by atoms with Gasteiger partial charge in [-0.25, -0.2) is 13.1 Å². The number of sulfonamides is 1. The molecule has 0 aromatic heterocycles. The second-order valence-electron chi connectivity index (χ2n) is 6.98. The first-order valence-electron chi connectivity index (χ1n) is 9.62. The van der Waals surface area contributed by atoms with Crippen LogP contribution in [0.5, 0.6) is 5.75 Å². The van der Waals surface area contributed by atoms with E-state index in [1.807, 2.05) is 18.2 Å². The van der Waals surface area contributed by atoms with Crippen LogP contribution in [-0.2, 0) is 10.0 Å². The number of para-hydroxylation sites is 2. The average molecular weight is 418 g/mol. The Morgan fingerprint density at radius 3 is 2.31 bits per heavy atom. The van der Waals surface area contributed by atoms with Crippen molar-refractivity contribution >= 4 is 21.5 Å². The van der Waals surface area contributed by atoms with Crippen LogP contribution in [0.3, 0.4) is 0 Å². The molecule has 1 aliphatic rings. The molecular formula is C21H27N3O4S. The number of ether oxygens (including phenoxy) is 1. The number of hydrogen-bond donors (Lipinski definition) is 1. The van der Waals surface area contributed by atoms with Gasteiger partial charge in [-0.3, -0.25) is 9.69 Å². The van der Waals surface area contributed by atoms with Crippen LogP contribution in [0.15, 0.2) is 53.4 Å². The molecule has 1 fully saturated rings. The van der Waals surface area contributed by atoms with E-state index in [1.54, 1.807) is 7.11 Å². The highest BCUT2D eigenvalue weighted by Gasteiger charge is 2.20. The van der Waals surface area contributed by atoms with Crippen LogP contribution >= 0.6 is 0 Å². The lowest BCUT2D eigenvalue weighted by atomic mass is 10.2. The van der Waals surface area contributed by atoms with E-state index in [-0.39, 0.29) is 10.7 Å². The number of hydrogen-bond acceptors (Lipinski definition) is 6. The van der Waals surface area contributed by atoms with Crippen molar-refractivity contribution in [2.45, 2.75) is 11.8 Å². The van der Waals surface area contributed by atoms with Gasteiger partial charge in [0.05, 0.1) is 17.7 Å². The van der Waals surface area contributed by atoms with Gasteiger partial charge < -0.3 is 9.64 Å². The van der Waals surface area contributed by atoms with E-state index < -0.39 is 10.0 Å². The van der Waals surface area contributed by atoms with Gasteiger partial charge in [0.25, 0.3) is 0 Å². The summed E-state index contributed by atoms with van der Waals surface area (Å²) in [5.74, 6) is 0.777. The van der Waals surface area contributed by atoms with Crippen LogP contribution in [0.4, 0.5) is 5.69 Å². The maximum Gasteiger partial charge on any atom is 0.240 e. The first kappa shape index (κ1) is 21.3. The highest BCUT2D eigenvalue weighted by atomic mass is 32.2. The molecule has 3 rings (SSSR count). The van der Waals surface area contributed by atoms with Gasteiger partial charge in [-0.1, -0.05) is 24.3 Å². The zero-order chi connectivity index (χ0) is 20.9. The van der Waals surface area contributed by atoms with Gasteiger partial charge in [-0.15, -0.1) is 0 Å². The molecule has 0 radical (unpaired) electrons. The Morgan fingerprint density at radius 2 is 1.69 bits per heavy atom. The topological polar surface area (TPSA) is 79.0 Å². The van der Waals surface area contributed by atoms with Crippen LogP contribution in [0, 0.1) is 0 Å². The molecule has 0 unspecified atom stereocenters. The molecule has 2 aromatic carbocycles. The summed E-state index contributed by atoms with van der Waals surface area (Å²) in [6.07, 6.45) is 0. The third kappa shape index (κ3) is 5.35. The minimum atomic E-state index is -3.58. The number of benzene rings is 2. The lowest BCUT2D eigenvalue weighted by Crippen LogP contribution is -2.48. The van der Waals surface area contributed by atoms with E-state index in [0.717, 1.165) is 37.6 Å². The molecule has 29 heavy (non-hydrogen) atoms. The number of rotatable bonds is 8. The monoisotopic (exact) mass is 417 g/mol. The number of ketones is 1. The van der Waals surface area contributed by atoms with Gasteiger partial charge in [0.15, 0.2) is 5.78 Å². The average Bonchev–Trinajstić information content (AvgIpc) is 2.74. The van der Waals surface area contributed by atoms with Crippen LogP contribution in [-0.4, -0.2) is 65.5 Å². The van der Waals surface area contributed by atoms with E-state index in [4.69, 9.17) is 4.74 Å². The smallest absolute Gasteiger partial charge is 0.240 e. The molecule has 0 atom stereocenters. The molecule has 0 amide bonds. The molecule has 0 saturated carbocycles. The normalized spacial score (nSPS) is 15.3. The van der Waals surface area contributed by atoms with Crippen molar-refractivity contribution in [3.05, 3.63) is 54.1 Å². The minimum Gasteiger partial charge on any atom is -0.495 e. The molecule has 1 heterocycles. The maximum absolute atomic E-state index is 12.4. The van der Waals surface area contributed by atoms with Crippen LogP contribution in [0.25, 0.3) is 0 Å².